The van der Waals surface area contributed by atoms with Crippen LogP contribution in [0, 0.1) is 5.92 Å². The van der Waals surface area contributed by atoms with E-state index < -0.39 is 0 Å². The van der Waals surface area contributed by atoms with Gasteiger partial charge in [0.2, 0.25) is 0 Å². The van der Waals surface area contributed by atoms with Crippen molar-refractivity contribution in [1.82, 2.24) is 10.2 Å². The van der Waals surface area contributed by atoms with Gasteiger partial charge in [0.05, 0.1) is 12.0 Å². The summed E-state index contributed by atoms with van der Waals surface area (Å²) in [5, 5.41) is 2.97. The van der Waals surface area contributed by atoms with Crippen LogP contribution in [-0.2, 0) is 14.3 Å². The molecule has 1 amide bonds. The molecule has 0 aliphatic carbocycles. The number of rotatable bonds is 9. The largest absolute Gasteiger partial charge is 0.455 e. The smallest absolute Gasteiger partial charge is 0.308 e. The molecule has 7 nitrogen and oxygen atoms in total. The van der Waals surface area contributed by atoms with Gasteiger partial charge < -0.3 is 19.9 Å². The fourth-order valence-electron chi connectivity index (χ4n) is 3.95. The summed E-state index contributed by atoms with van der Waals surface area (Å²) in [5.41, 5.74) is 3.54. The number of para-hydroxylation sites is 1. The summed E-state index contributed by atoms with van der Waals surface area (Å²) in [4.78, 5) is 30.9. The first-order valence-electron chi connectivity index (χ1n) is 11.6. The number of nitrogens with zero attached hydrogens (tertiary/aromatic N) is 3. The molecule has 1 fully saturated rings. The minimum Gasteiger partial charge on any atom is -0.455 e. The molecule has 1 aliphatic heterocycles. The Balaban J connectivity index is 1.65. The van der Waals surface area contributed by atoms with Gasteiger partial charge in [-0.3, -0.25) is 14.5 Å². The third-order valence-electron chi connectivity index (χ3n) is 5.98. The van der Waals surface area contributed by atoms with Crippen molar-refractivity contribution in [2.75, 3.05) is 63.2 Å². The highest BCUT2D eigenvalue weighted by Crippen LogP contribution is 2.25. The first kappa shape index (κ1) is 24.6. The summed E-state index contributed by atoms with van der Waals surface area (Å²) in [7, 11) is 4.04. The van der Waals surface area contributed by atoms with Crippen LogP contribution in [0.3, 0.4) is 0 Å². The summed E-state index contributed by atoms with van der Waals surface area (Å²) in [6.45, 7) is 7.37. The molecule has 1 saturated heterocycles. The second kappa shape index (κ2) is 11.7. The van der Waals surface area contributed by atoms with Crippen molar-refractivity contribution in [3.63, 3.8) is 0 Å². The molecule has 1 unspecified atom stereocenters. The van der Waals surface area contributed by atoms with Crippen LogP contribution in [0.15, 0.2) is 54.6 Å². The predicted molar refractivity (Wildman–Crippen MR) is 133 cm³/mol. The Morgan fingerprint density at radius 2 is 1.61 bits per heavy atom. The van der Waals surface area contributed by atoms with Gasteiger partial charge in [-0.1, -0.05) is 44.2 Å². The fourth-order valence-corrected chi connectivity index (χ4v) is 3.95. The van der Waals surface area contributed by atoms with Crippen LogP contribution in [0.2, 0.25) is 0 Å². The van der Waals surface area contributed by atoms with Crippen LogP contribution < -0.4 is 15.1 Å². The predicted octanol–water partition coefficient (Wildman–Crippen LogP) is 2.93. The van der Waals surface area contributed by atoms with Gasteiger partial charge in [-0.25, -0.2) is 0 Å². The van der Waals surface area contributed by atoms with Gasteiger partial charge in [-0.05, 0) is 29.8 Å². The molecule has 2 aromatic rings. The molecule has 0 spiro atoms. The monoisotopic (exact) mass is 452 g/mol. The topological polar surface area (TPSA) is 65.1 Å². The molecule has 1 aliphatic rings. The van der Waals surface area contributed by atoms with Crippen LogP contribution in [0.25, 0.3) is 0 Å². The van der Waals surface area contributed by atoms with Gasteiger partial charge in [0.25, 0.3) is 5.91 Å². The number of esters is 1. The van der Waals surface area contributed by atoms with Crippen molar-refractivity contribution in [2.24, 2.45) is 5.92 Å². The van der Waals surface area contributed by atoms with Gasteiger partial charge in [-0.2, -0.15) is 0 Å². The Hall–Kier alpha value is -3.06. The Kier molecular flexibility index (Phi) is 8.72. The lowest BCUT2D eigenvalue weighted by molar-refractivity contribution is -0.151. The van der Waals surface area contributed by atoms with E-state index >= 15 is 0 Å². The number of ether oxygens (including phenoxy) is 1. The van der Waals surface area contributed by atoms with Gasteiger partial charge in [0.1, 0.15) is 0 Å². The molecule has 1 N–H and O–H groups in total. The van der Waals surface area contributed by atoms with Crippen LogP contribution in [0.5, 0.6) is 0 Å². The first-order valence-corrected chi connectivity index (χ1v) is 11.6. The quantitative estimate of drug-likeness (QED) is 0.590. The van der Waals surface area contributed by atoms with Gasteiger partial charge in [0.15, 0.2) is 6.61 Å². The van der Waals surface area contributed by atoms with Gasteiger partial charge in [-0.15, -0.1) is 0 Å². The lowest BCUT2D eigenvalue weighted by atomic mass is 10.0. The van der Waals surface area contributed by atoms with E-state index in [1.54, 1.807) is 13.8 Å². The SMILES string of the molecule is CC(C)C(=O)OCC(=O)NCC(c1ccc(N(C)C)cc1)N1CCN(c2ccccc2)CC1. The minimum absolute atomic E-state index is 0.0453. The van der Waals surface area contributed by atoms with Gasteiger partial charge in [0, 0.05) is 58.2 Å². The van der Waals surface area contributed by atoms with Crippen molar-refractivity contribution in [3.05, 3.63) is 60.2 Å². The summed E-state index contributed by atoms with van der Waals surface area (Å²) in [6.07, 6.45) is 0. The lowest BCUT2D eigenvalue weighted by Gasteiger charge is -2.40. The normalized spacial score (nSPS) is 15.2. The maximum atomic E-state index is 12.3. The maximum absolute atomic E-state index is 12.3. The molecule has 0 saturated carbocycles. The molecule has 2 aromatic carbocycles. The van der Waals surface area contributed by atoms with Crippen LogP contribution in [0.1, 0.15) is 25.5 Å². The average Bonchev–Trinajstić information content (AvgIpc) is 2.83. The maximum Gasteiger partial charge on any atom is 0.308 e. The van der Waals surface area contributed by atoms with Crippen molar-refractivity contribution in [2.45, 2.75) is 19.9 Å². The third kappa shape index (κ3) is 6.96. The summed E-state index contributed by atoms with van der Waals surface area (Å²) in [5.74, 6) is -0.887. The molecule has 3 rings (SSSR count). The Bertz CT molecular complexity index is 892. The van der Waals surface area contributed by atoms with Crippen LogP contribution in [0.4, 0.5) is 11.4 Å². The zero-order valence-electron chi connectivity index (χ0n) is 20.2. The molecular formula is C26H36N4O3. The highest BCUT2D eigenvalue weighted by Gasteiger charge is 2.26. The van der Waals surface area contributed by atoms with Crippen LogP contribution >= 0.6 is 0 Å². The number of benzene rings is 2. The second-order valence-corrected chi connectivity index (χ2v) is 8.93. The fraction of sp³-hybridized carbons (Fsp3) is 0.462. The van der Waals surface area contributed by atoms with Crippen molar-refractivity contribution >= 4 is 23.3 Å². The van der Waals surface area contributed by atoms with E-state index in [0.717, 1.165) is 37.4 Å². The molecule has 0 bridgehead atoms. The molecule has 0 aromatic heterocycles. The molecule has 178 valence electrons. The van der Waals surface area contributed by atoms with Crippen LogP contribution in [-0.4, -0.2) is 70.2 Å². The van der Waals surface area contributed by atoms with Gasteiger partial charge >= 0.3 is 5.97 Å². The molecule has 1 atom stereocenters. The number of hydrogen-bond donors (Lipinski definition) is 1. The minimum atomic E-state index is -0.363. The zero-order chi connectivity index (χ0) is 23.8. The first-order chi connectivity index (χ1) is 15.8. The van der Waals surface area contributed by atoms with E-state index in [4.69, 9.17) is 4.74 Å². The third-order valence-corrected chi connectivity index (χ3v) is 5.98. The summed E-state index contributed by atoms with van der Waals surface area (Å²) >= 11 is 0. The van der Waals surface area contributed by atoms with E-state index in [2.05, 4.69) is 68.5 Å². The molecule has 7 heteroatoms. The van der Waals surface area contributed by atoms with E-state index in [-0.39, 0.29) is 30.4 Å². The van der Waals surface area contributed by atoms with E-state index in [9.17, 15) is 9.59 Å². The number of hydrogen-bond acceptors (Lipinski definition) is 6. The number of carbonyl (C=O) groups is 2. The van der Waals surface area contributed by atoms with Crippen molar-refractivity contribution in [3.8, 4) is 0 Å². The average molecular weight is 453 g/mol. The molecule has 0 radical (unpaired) electrons. The number of amides is 1. The highest BCUT2D eigenvalue weighted by atomic mass is 16.5. The lowest BCUT2D eigenvalue weighted by Crippen LogP contribution is -2.50. The Labute approximate surface area is 197 Å². The molecular weight excluding hydrogens is 416 g/mol. The zero-order valence-corrected chi connectivity index (χ0v) is 20.2. The van der Waals surface area contributed by atoms with E-state index in [1.165, 1.54) is 5.69 Å². The van der Waals surface area contributed by atoms with E-state index in [1.807, 2.05) is 20.2 Å². The second-order valence-electron chi connectivity index (χ2n) is 8.93. The standard InChI is InChI=1S/C26H36N4O3/c1-20(2)26(32)33-19-25(31)27-18-24(21-10-12-22(13-11-21)28(3)4)30-16-14-29(15-17-30)23-8-6-5-7-9-23/h5-13,20,24H,14-19H2,1-4H3,(H,27,31). The Morgan fingerprint density at radius 1 is 0.970 bits per heavy atom. The Morgan fingerprint density at radius 3 is 2.18 bits per heavy atom. The van der Waals surface area contributed by atoms with Crippen molar-refractivity contribution < 1.29 is 14.3 Å². The highest BCUT2D eigenvalue weighted by molar-refractivity contribution is 5.81. The van der Waals surface area contributed by atoms with E-state index in [0.29, 0.717) is 6.54 Å². The molecule has 1 heterocycles. The number of anilines is 2. The summed E-state index contributed by atoms with van der Waals surface area (Å²) in [6, 6.07) is 19.0. The molecule has 33 heavy (non-hydrogen) atoms. The number of piperazine rings is 1. The van der Waals surface area contributed by atoms with Crippen molar-refractivity contribution in [1.29, 1.82) is 0 Å². The number of carbonyl (C=O) groups excluding carboxylic acids is 2. The summed E-state index contributed by atoms with van der Waals surface area (Å²) < 4.78 is 5.08. The number of nitrogens with one attached hydrogen (secondary N) is 1.